The molecule has 0 aromatic heterocycles. The molecular formula is C23H16ClF4N3O3. The highest BCUT2D eigenvalue weighted by Gasteiger charge is 2.36. The van der Waals surface area contributed by atoms with Crippen molar-refractivity contribution >= 4 is 40.6 Å². The monoisotopic (exact) mass is 493 g/mol. The summed E-state index contributed by atoms with van der Waals surface area (Å²) in [7, 11) is 0. The van der Waals surface area contributed by atoms with Crippen molar-refractivity contribution in [3.63, 3.8) is 0 Å². The molecular weight excluding hydrogens is 478 g/mol. The number of carboxylic acids is 1. The Bertz CT molecular complexity index is 1280. The molecule has 0 aliphatic carbocycles. The highest BCUT2D eigenvalue weighted by Crippen LogP contribution is 2.36. The fraction of sp³-hybridized carbons (Fsp3) is 0.0870. The minimum Gasteiger partial charge on any atom is -0.480 e. The number of anilines is 2. The van der Waals surface area contributed by atoms with Crippen LogP contribution in [0, 0.1) is 11.2 Å². The van der Waals surface area contributed by atoms with Gasteiger partial charge in [-0.2, -0.15) is 13.2 Å². The number of nitrogens with one attached hydrogen (secondary N) is 3. The number of carbonyl (C=O) groups is 2. The largest absolute Gasteiger partial charge is 0.480 e. The Morgan fingerprint density at radius 1 is 1.00 bits per heavy atom. The second kappa shape index (κ2) is 9.92. The van der Waals surface area contributed by atoms with E-state index in [4.69, 9.17) is 22.1 Å². The van der Waals surface area contributed by atoms with Crippen LogP contribution in [0.2, 0.25) is 5.02 Å². The maximum Gasteiger partial charge on any atom is 0.417 e. The van der Waals surface area contributed by atoms with E-state index in [9.17, 15) is 27.2 Å². The maximum atomic E-state index is 14.3. The van der Waals surface area contributed by atoms with Crippen molar-refractivity contribution in [3.05, 3.63) is 93.8 Å². The zero-order chi connectivity index (χ0) is 25.0. The fourth-order valence-electron chi connectivity index (χ4n) is 3.14. The van der Waals surface area contributed by atoms with Gasteiger partial charge in [0, 0.05) is 16.8 Å². The van der Waals surface area contributed by atoms with E-state index < -0.39 is 46.6 Å². The molecule has 0 aliphatic heterocycles. The first kappa shape index (κ1) is 24.7. The number of rotatable bonds is 7. The van der Waals surface area contributed by atoms with Crippen molar-refractivity contribution < 1.29 is 32.3 Å². The number of halogens is 5. The average molecular weight is 494 g/mol. The van der Waals surface area contributed by atoms with Crippen LogP contribution in [0.1, 0.15) is 27.0 Å². The molecule has 11 heteroatoms. The number of aliphatic carboxylic acids is 1. The number of carboxylic acid groups (broad SMARTS) is 1. The van der Waals surface area contributed by atoms with Gasteiger partial charge in [-0.05, 0) is 42.5 Å². The third kappa shape index (κ3) is 5.52. The van der Waals surface area contributed by atoms with Gasteiger partial charge in [0.25, 0.3) is 5.91 Å². The predicted molar refractivity (Wildman–Crippen MR) is 119 cm³/mol. The van der Waals surface area contributed by atoms with Gasteiger partial charge in [-0.15, -0.1) is 0 Å². The lowest BCUT2D eigenvalue weighted by molar-refractivity contribution is -0.138. The van der Waals surface area contributed by atoms with Gasteiger partial charge in [-0.25, -0.2) is 4.39 Å². The van der Waals surface area contributed by atoms with Crippen LogP contribution in [-0.2, 0) is 11.0 Å². The van der Waals surface area contributed by atoms with E-state index in [1.807, 2.05) is 0 Å². The first-order valence-corrected chi connectivity index (χ1v) is 9.97. The van der Waals surface area contributed by atoms with Crippen molar-refractivity contribution in [2.45, 2.75) is 6.18 Å². The summed E-state index contributed by atoms with van der Waals surface area (Å²) in [5.41, 5.74) is -2.53. The molecule has 176 valence electrons. The highest BCUT2D eigenvalue weighted by atomic mass is 35.5. The van der Waals surface area contributed by atoms with Gasteiger partial charge in [0.15, 0.2) is 0 Å². The lowest BCUT2D eigenvalue weighted by Gasteiger charge is -2.17. The van der Waals surface area contributed by atoms with Crippen LogP contribution in [0.5, 0.6) is 0 Å². The first-order chi connectivity index (χ1) is 16.0. The molecule has 0 saturated carbocycles. The lowest BCUT2D eigenvalue weighted by atomic mass is 9.99. The quantitative estimate of drug-likeness (QED) is 0.252. The van der Waals surface area contributed by atoms with Crippen molar-refractivity contribution in [1.82, 2.24) is 0 Å². The summed E-state index contributed by atoms with van der Waals surface area (Å²) in [6, 6.07) is 12.2. The summed E-state index contributed by atoms with van der Waals surface area (Å²) < 4.78 is 54.6. The second-order valence-electron chi connectivity index (χ2n) is 6.98. The molecule has 34 heavy (non-hydrogen) atoms. The molecule has 3 rings (SSSR count). The first-order valence-electron chi connectivity index (χ1n) is 9.59. The number of alkyl halides is 3. The molecule has 4 N–H and O–H groups in total. The molecule has 1 amide bonds. The summed E-state index contributed by atoms with van der Waals surface area (Å²) in [4.78, 5) is 23.8. The average Bonchev–Trinajstić information content (AvgIpc) is 2.77. The number of amides is 1. The zero-order valence-electron chi connectivity index (χ0n) is 17.1. The van der Waals surface area contributed by atoms with Crippen LogP contribution >= 0.6 is 11.6 Å². The SMILES string of the molecule is N=C(c1ccccc1F)c1ccc(NCC(=O)O)cc1NC(=O)c1c(Cl)cccc1C(F)(F)F. The van der Waals surface area contributed by atoms with Gasteiger partial charge < -0.3 is 15.7 Å². The highest BCUT2D eigenvalue weighted by molar-refractivity contribution is 6.34. The van der Waals surface area contributed by atoms with Crippen LogP contribution in [0.15, 0.2) is 60.7 Å². The van der Waals surface area contributed by atoms with Gasteiger partial charge in [0.2, 0.25) is 0 Å². The van der Waals surface area contributed by atoms with Crippen LogP contribution in [-0.4, -0.2) is 29.2 Å². The standard InChI is InChI=1S/C23H16ClF4N3O3/c24-16-6-3-5-15(23(26,27)28)20(16)22(34)31-18-10-12(30-11-19(32)33)8-9-14(18)21(29)13-4-1-2-7-17(13)25/h1-10,29-30H,11H2,(H,31,34)(H,32,33). The van der Waals surface area contributed by atoms with Gasteiger partial charge in [-0.3, -0.25) is 15.0 Å². The van der Waals surface area contributed by atoms with E-state index in [0.717, 1.165) is 18.2 Å². The number of benzene rings is 3. The maximum absolute atomic E-state index is 14.3. The Morgan fingerprint density at radius 2 is 1.71 bits per heavy atom. The summed E-state index contributed by atoms with van der Waals surface area (Å²) in [5, 5.41) is 21.7. The van der Waals surface area contributed by atoms with E-state index in [-0.39, 0.29) is 28.2 Å². The Hall–Kier alpha value is -3.92. The normalized spacial score (nSPS) is 11.1. The van der Waals surface area contributed by atoms with E-state index in [1.165, 1.54) is 36.4 Å². The molecule has 6 nitrogen and oxygen atoms in total. The summed E-state index contributed by atoms with van der Waals surface area (Å²) in [6.07, 6.45) is -4.87. The Labute approximate surface area is 195 Å². The predicted octanol–water partition coefficient (Wildman–Crippen LogP) is 5.66. The van der Waals surface area contributed by atoms with Crippen LogP contribution in [0.25, 0.3) is 0 Å². The third-order valence-corrected chi connectivity index (χ3v) is 4.99. The lowest BCUT2D eigenvalue weighted by Crippen LogP contribution is -2.21. The smallest absolute Gasteiger partial charge is 0.417 e. The van der Waals surface area contributed by atoms with E-state index in [2.05, 4.69) is 10.6 Å². The molecule has 0 atom stereocenters. The summed E-state index contributed by atoms with van der Waals surface area (Å²) in [6.45, 7) is -0.486. The number of carbonyl (C=O) groups excluding carboxylic acids is 1. The molecule has 0 bridgehead atoms. The molecule has 3 aromatic carbocycles. The van der Waals surface area contributed by atoms with Gasteiger partial charge in [0.1, 0.15) is 12.4 Å². The fourth-order valence-corrected chi connectivity index (χ4v) is 3.40. The van der Waals surface area contributed by atoms with Gasteiger partial charge in [0.05, 0.1) is 27.5 Å². The van der Waals surface area contributed by atoms with Gasteiger partial charge >= 0.3 is 12.1 Å². The summed E-state index contributed by atoms with van der Waals surface area (Å²) >= 11 is 5.90. The number of hydrogen-bond donors (Lipinski definition) is 4. The summed E-state index contributed by atoms with van der Waals surface area (Å²) in [5.74, 6) is -3.11. The zero-order valence-corrected chi connectivity index (χ0v) is 17.9. The topological polar surface area (TPSA) is 102 Å². The second-order valence-corrected chi connectivity index (χ2v) is 7.38. The molecule has 0 spiro atoms. The molecule has 0 heterocycles. The van der Waals surface area contributed by atoms with Crippen molar-refractivity contribution in [3.8, 4) is 0 Å². The molecule has 0 fully saturated rings. The van der Waals surface area contributed by atoms with Crippen molar-refractivity contribution in [2.75, 3.05) is 17.2 Å². The van der Waals surface area contributed by atoms with E-state index in [0.29, 0.717) is 6.07 Å². The molecule has 3 aromatic rings. The molecule has 0 radical (unpaired) electrons. The van der Waals surface area contributed by atoms with E-state index in [1.54, 1.807) is 0 Å². The van der Waals surface area contributed by atoms with Crippen molar-refractivity contribution in [2.24, 2.45) is 0 Å². The minimum atomic E-state index is -4.87. The van der Waals surface area contributed by atoms with Crippen LogP contribution < -0.4 is 10.6 Å². The Kier molecular flexibility index (Phi) is 7.21. The Balaban J connectivity index is 2.08. The Morgan fingerprint density at radius 3 is 2.35 bits per heavy atom. The number of hydrogen-bond acceptors (Lipinski definition) is 4. The van der Waals surface area contributed by atoms with Gasteiger partial charge in [-0.1, -0.05) is 29.8 Å². The minimum absolute atomic E-state index is 0.0139. The van der Waals surface area contributed by atoms with Crippen molar-refractivity contribution in [1.29, 1.82) is 5.41 Å². The van der Waals surface area contributed by atoms with E-state index >= 15 is 0 Å². The molecule has 0 saturated heterocycles. The van der Waals surface area contributed by atoms with Crippen LogP contribution in [0.3, 0.4) is 0 Å². The van der Waals surface area contributed by atoms with Crippen LogP contribution in [0.4, 0.5) is 28.9 Å². The molecule has 0 unspecified atom stereocenters. The molecule has 0 aliphatic rings. The third-order valence-electron chi connectivity index (χ3n) is 4.67.